The molecule has 0 atom stereocenters. The van der Waals surface area contributed by atoms with E-state index in [1.807, 2.05) is 6.07 Å². The van der Waals surface area contributed by atoms with Gasteiger partial charge in [-0.25, -0.2) is 12.7 Å². The molecule has 1 aromatic rings. The minimum atomic E-state index is -3.42. The van der Waals surface area contributed by atoms with Crippen molar-refractivity contribution in [3.63, 3.8) is 0 Å². The first-order valence-corrected chi connectivity index (χ1v) is 8.84. The monoisotopic (exact) mass is 327 g/mol. The SMILES string of the molecule is CN(C)S(=O)(=O)c1cccc(NC(=S)N2CCCCC2)c1. The number of thiocarbonyl (C=S) groups is 1. The number of piperidine rings is 1. The fourth-order valence-electron chi connectivity index (χ4n) is 2.24. The Balaban J connectivity index is 2.13. The van der Waals surface area contributed by atoms with Crippen LogP contribution in [0.25, 0.3) is 0 Å². The molecule has 1 saturated heterocycles. The minimum Gasteiger partial charge on any atom is -0.349 e. The Labute approximate surface area is 132 Å². The van der Waals surface area contributed by atoms with Crippen LogP contribution in [0.4, 0.5) is 5.69 Å². The second-order valence-electron chi connectivity index (χ2n) is 5.29. The van der Waals surface area contributed by atoms with E-state index < -0.39 is 10.0 Å². The van der Waals surface area contributed by atoms with E-state index in [1.165, 1.54) is 24.8 Å². The van der Waals surface area contributed by atoms with Crippen molar-refractivity contribution in [2.24, 2.45) is 0 Å². The summed E-state index contributed by atoms with van der Waals surface area (Å²) >= 11 is 5.40. The largest absolute Gasteiger partial charge is 0.349 e. The molecule has 0 unspecified atom stereocenters. The van der Waals surface area contributed by atoms with Crippen LogP contribution in [0.15, 0.2) is 29.2 Å². The molecule has 0 aliphatic carbocycles. The van der Waals surface area contributed by atoms with Crippen molar-refractivity contribution in [2.45, 2.75) is 24.2 Å². The van der Waals surface area contributed by atoms with E-state index in [9.17, 15) is 8.42 Å². The van der Waals surface area contributed by atoms with Crippen molar-refractivity contribution in [1.82, 2.24) is 9.21 Å². The summed E-state index contributed by atoms with van der Waals surface area (Å²) in [5.41, 5.74) is 0.702. The van der Waals surface area contributed by atoms with E-state index >= 15 is 0 Å². The Kier molecular flexibility index (Phi) is 5.18. The highest BCUT2D eigenvalue weighted by Crippen LogP contribution is 2.19. The van der Waals surface area contributed by atoms with Crippen molar-refractivity contribution in [3.8, 4) is 0 Å². The number of rotatable bonds is 3. The van der Waals surface area contributed by atoms with E-state index in [4.69, 9.17) is 12.2 Å². The summed E-state index contributed by atoms with van der Waals surface area (Å²) in [6.45, 7) is 1.92. The molecule has 116 valence electrons. The Morgan fingerprint density at radius 3 is 2.52 bits per heavy atom. The smallest absolute Gasteiger partial charge is 0.242 e. The summed E-state index contributed by atoms with van der Waals surface area (Å²) in [5.74, 6) is 0. The summed E-state index contributed by atoms with van der Waals surface area (Å²) in [6.07, 6.45) is 3.55. The maximum Gasteiger partial charge on any atom is 0.242 e. The highest BCUT2D eigenvalue weighted by atomic mass is 32.2. The standard InChI is InChI=1S/C14H21N3O2S2/c1-16(2)21(18,19)13-8-6-7-12(11-13)15-14(20)17-9-4-3-5-10-17/h6-8,11H,3-5,9-10H2,1-2H3,(H,15,20). The predicted octanol–water partition coefficient (Wildman–Crippen LogP) is 2.12. The zero-order chi connectivity index (χ0) is 15.5. The Morgan fingerprint density at radius 2 is 1.90 bits per heavy atom. The van der Waals surface area contributed by atoms with Gasteiger partial charge in [0.05, 0.1) is 4.90 Å². The van der Waals surface area contributed by atoms with Gasteiger partial charge in [-0.2, -0.15) is 0 Å². The predicted molar refractivity (Wildman–Crippen MR) is 89.0 cm³/mol. The summed E-state index contributed by atoms with van der Waals surface area (Å²) in [7, 11) is -0.380. The van der Waals surface area contributed by atoms with Gasteiger partial charge in [0.1, 0.15) is 0 Å². The van der Waals surface area contributed by atoms with Crippen molar-refractivity contribution in [2.75, 3.05) is 32.5 Å². The number of nitrogens with zero attached hydrogens (tertiary/aromatic N) is 2. The van der Waals surface area contributed by atoms with Crippen LogP contribution in [0.5, 0.6) is 0 Å². The van der Waals surface area contributed by atoms with Crippen LogP contribution in [0.2, 0.25) is 0 Å². The Bertz CT molecular complexity index is 608. The van der Waals surface area contributed by atoms with Crippen molar-refractivity contribution in [1.29, 1.82) is 0 Å². The number of hydrogen-bond acceptors (Lipinski definition) is 3. The first kappa shape index (κ1) is 16.2. The van der Waals surface area contributed by atoms with Crippen LogP contribution in [-0.2, 0) is 10.0 Å². The maximum absolute atomic E-state index is 12.1. The fraction of sp³-hybridized carbons (Fsp3) is 0.500. The first-order valence-electron chi connectivity index (χ1n) is 7.00. The molecule has 1 heterocycles. The van der Waals surface area contributed by atoms with Crippen LogP contribution in [-0.4, -0.2) is 49.9 Å². The molecule has 21 heavy (non-hydrogen) atoms. The quantitative estimate of drug-likeness (QED) is 0.862. The molecule has 1 aromatic carbocycles. The number of anilines is 1. The summed E-state index contributed by atoms with van der Waals surface area (Å²) < 4.78 is 25.5. The summed E-state index contributed by atoms with van der Waals surface area (Å²) in [6, 6.07) is 6.75. The van der Waals surface area contributed by atoms with Gasteiger partial charge in [0.2, 0.25) is 10.0 Å². The summed E-state index contributed by atoms with van der Waals surface area (Å²) in [5, 5.41) is 3.80. The molecule has 0 spiro atoms. The Morgan fingerprint density at radius 1 is 1.24 bits per heavy atom. The average Bonchev–Trinajstić information content (AvgIpc) is 2.48. The minimum absolute atomic E-state index is 0.263. The van der Waals surface area contributed by atoms with Crippen LogP contribution in [0.3, 0.4) is 0 Å². The molecular formula is C14H21N3O2S2. The summed E-state index contributed by atoms with van der Waals surface area (Å²) in [4.78, 5) is 2.39. The van der Waals surface area contributed by atoms with E-state index in [0.29, 0.717) is 10.8 Å². The third-order valence-corrected chi connectivity index (χ3v) is 5.68. The number of hydrogen-bond donors (Lipinski definition) is 1. The van der Waals surface area contributed by atoms with Crippen molar-refractivity contribution < 1.29 is 8.42 Å². The third kappa shape index (κ3) is 3.93. The van der Waals surface area contributed by atoms with Gasteiger partial charge >= 0.3 is 0 Å². The van der Waals surface area contributed by atoms with Gasteiger partial charge in [-0.05, 0) is 49.7 Å². The first-order chi connectivity index (χ1) is 9.91. The third-order valence-electron chi connectivity index (χ3n) is 3.51. The van der Waals surface area contributed by atoms with Gasteiger partial charge in [0.15, 0.2) is 5.11 Å². The Hall–Kier alpha value is -1.18. The van der Waals surface area contributed by atoms with E-state index in [-0.39, 0.29) is 4.90 Å². The molecule has 1 aliphatic rings. The molecule has 2 rings (SSSR count). The van der Waals surface area contributed by atoms with Crippen molar-refractivity contribution in [3.05, 3.63) is 24.3 Å². The van der Waals surface area contributed by atoms with Gasteiger partial charge in [0, 0.05) is 32.9 Å². The zero-order valence-electron chi connectivity index (χ0n) is 12.4. The number of nitrogens with one attached hydrogen (secondary N) is 1. The molecule has 1 aliphatic heterocycles. The van der Waals surface area contributed by atoms with Gasteiger partial charge < -0.3 is 10.2 Å². The molecule has 1 fully saturated rings. The topological polar surface area (TPSA) is 52.7 Å². The lowest BCUT2D eigenvalue weighted by molar-refractivity contribution is 0.346. The average molecular weight is 327 g/mol. The molecule has 0 saturated carbocycles. The molecule has 5 nitrogen and oxygen atoms in total. The lowest BCUT2D eigenvalue weighted by Crippen LogP contribution is -2.38. The highest BCUT2D eigenvalue weighted by molar-refractivity contribution is 7.89. The van der Waals surface area contributed by atoms with E-state index in [0.717, 1.165) is 25.9 Å². The lowest BCUT2D eigenvalue weighted by atomic mass is 10.1. The molecule has 7 heteroatoms. The second kappa shape index (κ2) is 6.72. The normalized spacial score (nSPS) is 16.0. The fourth-order valence-corrected chi connectivity index (χ4v) is 3.49. The van der Waals surface area contributed by atoms with Gasteiger partial charge in [0.25, 0.3) is 0 Å². The van der Waals surface area contributed by atoms with Crippen molar-refractivity contribution >= 4 is 33.0 Å². The lowest BCUT2D eigenvalue weighted by Gasteiger charge is -2.29. The van der Waals surface area contributed by atoms with E-state index in [2.05, 4.69) is 10.2 Å². The maximum atomic E-state index is 12.1. The van der Waals surface area contributed by atoms with E-state index in [1.54, 1.807) is 18.2 Å². The van der Waals surface area contributed by atoms with Crippen LogP contribution >= 0.6 is 12.2 Å². The zero-order valence-corrected chi connectivity index (χ0v) is 14.0. The van der Waals surface area contributed by atoms with Crippen LogP contribution in [0, 0.1) is 0 Å². The molecule has 0 bridgehead atoms. The number of benzene rings is 1. The van der Waals surface area contributed by atoms with Crippen LogP contribution < -0.4 is 5.32 Å². The van der Waals surface area contributed by atoms with Gasteiger partial charge in [-0.3, -0.25) is 0 Å². The molecular weight excluding hydrogens is 306 g/mol. The highest BCUT2D eigenvalue weighted by Gasteiger charge is 2.18. The molecule has 0 radical (unpaired) electrons. The molecule has 0 amide bonds. The van der Waals surface area contributed by atoms with Gasteiger partial charge in [-0.1, -0.05) is 6.07 Å². The molecule has 1 N–H and O–H groups in total. The van der Waals surface area contributed by atoms with Crippen LogP contribution in [0.1, 0.15) is 19.3 Å². The van der Waals surface area contributed by atoms with Gasteiger partial charge in [-0.15, -0.1) is 0 Å². The molecule has 0 aromatic heterocycles. The number of likely N-dealkylation sites (tertiary alicyclic amines) is 1. The second-order valence-corrected chi connectivity index (χ2v) is 7.83. The number of sulfonamides is 1.